The van der Waals surface area contributed by atoms with Crippen LogP contribution in [0.2, 0.25) is 0 Å². The van der Waals surface area contributed by atoms with Crippen LogP contribution in [-0.2, 0) is 11.8 Å². The highest BCUT2D eigenvalue weighted by molar-refractivity contribution is 5.98. The number of anilines is 1. The minimum Gasteiger partial charge on any atom is -0.338 e. The van der Waals surface area contributed by atoms with Gasteiger partial charge >= 0.3 is 0 Å². The smallest absolute Gasteiger partial charge is 0.252 e. The van der Waals surface area contributed by atoms with Crippen molar-refractivity contribution in [1.82, 2.24) is 14.9 Å². The maximum Gasteiger partial charge on any atom is 0.252 e. The Hall–Kier alpha value is -3.48. The van der Waals surface area contributed by atoms with Crippen LogP contribution in [0.1, 0.15) is 41.1 Å². The molecule has 3 unspecified atom stereocenters. The molecule has 1 saturated carbocycles. The summed E-state index contributed by atoms with van der Waals surface area (Å²) in [6, 6.07) is 12.2. The molecule has 30 heavy (non-hydrogen) atoms. The number of carbonyl (C=O) groups excluding carboxylic acids is 2. The molecule has 0 radical (unpaired) electrons. The highest BCUT2D eigenvalue weighted by atomic mass is 19.1. The Kier molecular flexibility index (Phi) is 5.35. The predicted octanol–water partition coefficient (Wildman–Crippen LogP) is 3.67. The van der Waals surface area contributed by atoms with Crippen LogP contribution < -0.4 is 10.6 Å². The van der Waals surface area contributed by atoms with Crippen LogP contribution >= 0.6 is 0 Å². The molecule has 2 N–H and O–H groups in total. The Morgan fingerprint density at radius 3 is 2.63 bits per heavy atom. The number of carbonyl (C=O) groups is 2. The van der Waals surface area contributed by atoms with Gasteiger partial charge < -0.3 is 15.2 Å². The first-order valence-corrected chi connectivity index (χ1v) is 9.87. The number of hydrogen-bond acceptors (Lipinski definition) is 3. The highest BCUT2D eigenvalue weighted by Gasteiger charge is 2.39. The molecule has 1 aliphatic carbocycles. The molecule has 1 fully saturated rings. The molecular formula is C23H23FN4O2. The van der Waals surface area contributed by atoms with Crippen molar-refractivity contribution in [2.75, 3.05) is 5.32 Å². The zero-order valence-electron chi connectivity index (χ0n) is 16.8. The van der Waals surface area contributed by atoms with Crippen LogP contribution in [0.5, 0.6) is 0 Å². The first-order chi connectivity index (χ1) is 14.4. The summed E-state index contributed by atoms with van der Waals surface area (Å²) in [5.41, 5.74) is 1.56. The number of aryl methyl sites for hydroxylation is 1. The molecule has 3 atom stereocenters. The van der Waals surface area contributed by atoms with E-state index in [9.17, 15) is 14.0 Å². The Morgan fingerprint density at radius 2 is 1.97 bits per heavy atom. The van der Waals surface area contributed by atoms with Crippen molar-refractivity contribution in [3.63, 3.8) is 0 Å². The van der Waals surface area contributed by atoms with Crippen LogP contribution in [0, 0.1) is 17.7 Å². The lowest BCUT2D eigenvalue weighted by Gasteiger charge is -2.19. The fourth-order valence-electron chi connectivity index (χ4n) is 3.51. The fraction of sp³-hybridized carbons (Fsp3) is 0.261. The molecular weight excluding hydrogens is 383 g/mol. The minimum atomic E-state index is -0.626. The van der Waals surface area contributed by atoms with Gasteiger partial charge in [0.1, 0.15) is 17.7 Å². The molecule has 4 rings (SSSR count). The lowest BCUT2D eigenvalue weighted by atomic mass is 10.0. The van der Waals surface area contributed by atoms with Gasteiger partial charge in [0.05, 0.1) is 0 Å². The minimum absolute atomic E-state index is 0.0225. The van der Waals surface area contributed by atoms with E-state index in [1.165, 1.54) is 12.1 Å². The second-order valence-corrected chi connectivity index (χ2v) is 7.75. The molecule has 3 aromatic rings. The second-order valence-electron chi connectivity index (χ2n) is 7.75. The quantitative estimate of drug-likeness (QED) is 0.656. The molecule has 0 spiro atoms. The first kappa shape index (κ1) is 19.8. The monoisotopic (exact) mass is 406 g/mol. The number of amides is 2. The molecule has 154 valence electrons. The van der Waals surface area contributed by atoms with Gasteiger partial charge in [-0.3, -0.25) is 9.59 Å². The van der Waals surface area contributed by atoms with E-state index in [0.717, 1.165) is 6.42 Å². The van der Waals surface area contributed by atoms with Crippen LogP contribution in [-0.4, -0.2) is 21.4 Å². The Balaban J connectivity index is 1.56. The number of imidazole rings is 1. The van der Waals surface area contributed by atoms with Crippen molar-refractivity contribution in [3.05, 3.63) is 83.7 Å². The molecule has 1 aliphatic rings. The van der Waals surface area contributed by atoms with Crippen molar-refractivity contribution >= 4 is 17.5 Å². The molecule has 7 heteroatoms. The van der Waals surface area contributed by atoms with Gasteiger partial charge in [-0.2, -0.15) is 0 Å². The van der Waals surface area contributed by atoms with Crippen LogP contribution in [0.4, 0.5) is 10.1 Å². The van der Waals surface area contributed by atoms with Gasteiger partial charge in [0, 0.05) is 36.6 Å². The van der Waals surface area contributed by atoms with Gasteiger partial charge in [-0.05, 0) is 48.2 Å². The van der Waals surface area contributed by atoms with Crippen molar-refractivity contribution < 1.29 is 14.0 Å². The average molecular weight is 406 g/mol. The topological polar surface area (TPSA) is 76.0 Å². The summed E-state index contributed by atoms with van der Waals surface area (Å²) in [5.74, 6) is 0.277. The second kappa shape index (κ2) is 8.10. The van der Waals surface area contributed by atoms with Crippen molar-refractivity contribution in [2.24, 2.45) is 18.9 Å². The van der Waals surface area contributed by atoms with E-state index in [1.807, 2.05) is 14.0 Å². The van der Waals surface area contributed by atoms with Gasteiger partial charge in [-0.1, -0.05) is 25.1 Å². The number of benzene rings is 2. The molecule has 0 saturated heterocycles. The third-order valence-corrected chi connectivity index (χ3v) is 5.41. The van der Waals surface area contributed by atoms with E-state index in [4.69, 9.17) is 0 Å². The van der Waals surface area contributed by atoms with Gasteiger partial charge in [-0.25, -0.2) is 9.37 Å². The average Bonchev–Trinajstić information content (AvgIpc) is 3.32. The van der Waals surface area contributed by atoms with Crippen LogP contribution in [0.25, 0.3) is 0 Å². The van der Waals surface area contributed by atoms with E-state index in [2.05, 4.69) is 15.6 Å². The molecule has 6 nitrogen and oxygen atoms in total. The SMILES string of the molecule is CC1CC1C(=O)Nc1cccc(C(=O)NC(c2cccc(F)c2)c2nccn2C)c1. The van der Waals surface area contributed by atoms with Crippen LogP contribution in [0.15, 0.2) is 60.9 Å². The largest absolute Gasteiger partial charge is 0.338 e. The van der Waals surface area contributed by atoms with Gasteiger partial charge in [0.2, 0.25) is 5.91 Å². The summed E-state index contributed by atoms with van der Waals surface area (Å²) in [4.78, 5) is 29.5. The molecule has 2 amide bonds. The van der Waals surface area contributed by atoms with E-state index in [1.54, 1.807) is 53.4 Å². The number of hydrogen-bond donors (Lipinski definition) is 2. The fourth-order valence-corrected chi connectivity index (χ4v) is 3.51. The van der Waals surface area contributed by atoms with Crippen molar-refractivity contribution in [3.8, 4) is 0 Å². The standard InChI is InChI=1S/C23H23FN4O2/c1-14-11-19(14)23(30)26-18-8-4-6-16(13-18)22(29)27-20(21-25-9-10-28(21)2)15-5-3-7-17(24)12-15/h3-10,12-14,19-20H,11H2,1-2H3,(H,26,30)(H,27,29). The zero-order valence-corrected chi connectivity index (χ0v) is 16.8. The van der Waals surface area contributed by atoms with Crippen molar-refractivity contribution in [2.45, 2.75) is 19.4 Å². The maximum absolute atomic E-state index is 13.8. The number of aromatic nitrogens is 2. The summed E-state index contributed by atoms with van der Waals surface area (Å²) in [6.45, 7) is 2.04. The van der Waals surface area contributed by atoms with Gasteiger partial charge in [0.15, 0.2) is 0 Å². The summed E-state index contributed by atoms with van der Waals surface area (Å²) in [7, 11) is 1.82. The zero-order chi connectivity index (χ0) is 21.3. The summed E-state index contributed by atoms with van der Waals surface area (Å²) >= 11 is 0. The third-order valence-electron chi connectivity index (χ3n) is 5.41. The number of rotatable bonds is 6. The van der Waals surface area contributed by atoms with E-state index < -0.39 is 6.04 Å². The van der Waals surface area contributed by atoms with E-state index >= 15 is 0 Å². The number of halogens is 1. The Labute approximate surface area is 174 Å². The van der Waals surface area contributed by atoms with Gasteiger partial charge in [-0.15, -0.1) is 0 Å². The molecule has 1 heterocycles. The summed E-state index contributed by atoms with van der Waals surface area (Å²) in [6.07, 6.45) is 4.29. The summed E-state index contributed by atoms with van der Waals surface area (Å²) in [5, 5.41) is 5.81. The Morgan fingerprint density at radius 1 is 1.20 bits per heavy atom. The first-order valence-electron chi connectivity index (χ1n) is 9.87. The molecule has 0 bridgehead atoms. The number of nitrogens with one attached hydrogen (secondary N) is 2. The summed E-state index contributed by atoms with van der Waals surface area (Å²) < 4.78 is 15.6. The third kappa shape index (κ3) is 4.25. The number of nitrogens with zero attached hydrogens (tertiary/aromatic N) is 2. The molecule has 1 aromatic heterocycles. The van der Waals surface area contributed by atoms with Crippen molar-refractivity contribution in [1.29, 1.82) is 0 Å². The van der Waals surface area contributed by atoms with Gasteiger partial charge in [0.25, 0.3) is 5.91 Å². The van der Waals surface area contributed by atoms with E-state index in [0.29, 0.717) is 28.6 Å². The van der Waals surface area contributed by atoms with E-state index in [-0.39, 0.29) is 23.5 Å². The molecule has 2 aromatic carbocycles. The molecule has 0 aliphatic heterocycles. The Bertz CT molecular complexity index is 1090. The van der Waals surface area contributed by atoms with Crippen LogP contribution in [0.3, 0.4) is 0 Å². The predicted molar refractivity (Wildman–Crippen MR) is 111 cm³/mol. The normalized spacial score (nSPS) is 18.5. The lowest BCUT2D eigenvalue weighted by molar-refractivity contribution is -0.117. The maximum atomic E-state index is 13.8. The lowest BCUT2D eigenvalue weighted by Crippen LogP contribution is -2.31. The highest BCUT2D eigenvalue weighted by Crippen LogP contribution is 2.38.